The highest BCUT2D eigenvalue weighted by Gasteiger charge is 2.35. The number of hydrogen-bond donors (Lipinski definition) is 5. The van der Waals surface area contributed by atoms with Crippen molar-refractivity contribution in [2.24, 2.45) is 5.92 Å². The Morgan fingerprint density at radius 2 is 1.53 bits per heavy atom. The number of benzene rings is 1. The molecule has 204 valence electrons. The number of halogens is 4. The van der Waals surface area contributed by atoms with Gasteiger partial charge in [-0.05, 0) is 62.4 Å². The van der Waals surface area contributed by atoms with E-state index in [0.717, 1.165) is 51.4 Å². The number of carbonyl (C=O) groups is 2. The third-order valence-electron chi connectivity index (χ3n) is 6.60. The van der Waals surface area contributed by atoms with Crippen LogP contribution in [0, 0.1) is 11.7 Å². The van der Waals surface area contributed by atoms with Gasteiger partial charge < -0.3 is 25.7 Å². The molecule has 0 spiro atoms. The highest BCUT2D eigenvalue weighted by atomic mass is 19.4. The van der Waals surface area contributed by atoms with E-state index in [1.807, 2.05) is 0 Å². The van der Waals surface area contributed by atoms with Crippen LogP contribution in [0.3, 0.4) is 0 Å². The van der Waals surface area contributed by atoms with Gasteiger partial charge in [0.25, 0.3) is 0 Å². The van der Waals surface area contributed by atoms with Gasteiger partial charge in [-0.2, -0.15) is 13.2 Å². The summed E-state index contributed by atoms with van der Waals surface area (Å²) in [5.74, 6) is -3.81. The van der Waals surface area contributed by atoms with Crippen LogP contribution in [0.1, 0.15) is 56.1 Å². The number of aliphatic carboxylic acids is 2. The van der Waals surface area contributed by atoms with Gasteiger partial charge in [0.2, 0.25) is 0 Å². The van der Waals surface area contributed by atoms with Crippen molar-refractivity contribution in [3.63, 3.8) is 0 Å². The van der Waals surface area contributed by atoms with Crippen molar-refractivity contribution in [2.75, 3.05) is 19.6 Å². The van der Waals surface area contributed by atoms with E-state index in [4.69, 9.17) is 20.4 Å². The minimum atomic E-state index is -4.53. The minimum Gasteiger partial charge on any atom is -0.479 e. The van der Waals surface area contributed by atoms with E-state index in [2.05, 4.69) is 10.2 Å². The van der Waals surface area contributed by atoms with E-state index in [1.54, 1.807) is 0 Å². The molecule has 0 aromatic heterocycles. The molecule has 0 bridgehead atoms. The van der Waals surface area contributed by atoms with Crippen LogP contribution >= 0.6 is 0 Å². The molecule has 1 aliphatic heterocycles. The number of carboxylic acids is 2. The Kier molecular flexibility index (Phi) is 11.5. The summed E-state index contributed by atoms with van der Waals surface area (Å²) in [6, 6.07) is 3.39. The van der Waals surface area contributed by atoms with Gasteiger partial charge in [0.1, 0.15) is 5.82 Å². The fourth-order valence-corrected chi connectivity index (χ4v) is 4.66. The van der Waals surface area contributed by atoms with E-state index < -0.39 is 41.7 Å². The molecule has 36 heavy (non-hydrogen) atoms. The zero-order valence-corrected chi connectivity index (χ0v) is 19.9. The van der Waals surface area contributed by atoms with Gasteiger partial charge >= 0.3 is 18.1 Å². The highest BCUT2D eigenvalue weighted by Crippen LogP contribution is 2.34. The lowest BCUT2D eigenvalue weighted by Gasteiger charge is -2.38. The topological polar surface area (TPSA) is 130 Å². The number of nitrogens with one attached hydrogen (secondary N) is 1. The molecule has 8 nitrogen and oxygen atoms in total. The number of piperidine rings is 1. The van der Waals surface area contributed by atoms with Crippen LogP contribution in [0.25, 0.3) is 0 Å². The molecule has 1 heterocycles. The standard InChI is InChI=1S/C20H28F4N2.C4H6O6/c21-17-7-6-16(19(12-17)20(22,23)24)14-26(18-8-10-25-11-9-18)13-15-4-2-1-3-5-15;5-1(3(7)8)2(6)4(9)10/h6-7,12,15,18,25H,1-5,8-11,13-14H2;1-2,5-6H,(H,7,8)(H,9,10). The summed E-state index contributed by atoms with van der Waals surface area (Å²) in [6.45, 7) is 2.90. The highest BCUT2D eigenvalue weighted by molar-refractivity contribution is 5.83. The van der Waals surface area contributed by atoms with Crippen LogP contribution in [-0.4, -0.2) is 75.1 Å². The molecule has 0 radical (unpaired) electrons. The molecule has 0 amide bonds. The first kappa shape index (κ1) is 29.9. The largest absolute Gasteiger partial charge is 0.479 e. The van der Waals surface area contributed by atoms with Gasteiger partial charge in [0, 0.05) is 19.1 Å². The van der Waals surface area contributed by atoms with Crippen LogP contribution in [-0.2, 0) is 22.3 Å². The SMILES string of the molecule is Fc1ccc(CN(CC2CCCCC2)C2CCNCC2)c(C(F)(F)F)c1.O=C(O)C(O)C(O)C(=O)O. The monoisotopic (exact) mass is 522 g/mol. The van der Waals surface area contributed by atoms with Crippen LogP contribution in [0.2, 0.25) is 0 Å². The molecule has 2 aliphatic rings. The molecule has 1 saturated heterocycles. The van der Waals surface area contributed by atoms with Crippen molar-refractivity contribution in [2.45, 2.75) is 75.9 Å². The third kappa shape index (κ3) is 9.30. The van der Waals surface area contributed by atoms with Crippen molar-refractivity contribution in [1.29, 1.82) is 0 Å². The van der Waals surface area contributed by atoms with Crippen molar-refractivity contribution in [3.05, 3.63) is 35.1 Å². The number of carboxylic acid groups (broad SMARTS) is 2. The number of hydrogen-bond acceptors (Lipinski definition) is 6. The molecule has 2 unspecified atom stereocenters. The Morgan fingerprint density at radius 1 is 0.972 bits per heavy atom. The molecule has 3 rings (SSSR count). The molecule has 1 aromatic rings. The van der Waals surface area contributed by atoms with Crippen molar-refractivity contribution >= 4 is 11.9 Å². The van der Waals surface area contributed by atoms with Gasteiger partial charge in [-0.3, -0.25) is 4.90 Å². The summed E-state index contributed by atoms with van der Waals surface area (Å²) in [4.78, 5) is 21.8. The predicted octanol–water partition coefficient (Wildman–Crippen LogP) is 2.86. The second-order valence-electron chi connectivity index (χ2n) is 9.28. The fourth-order valence-electron chi connectivity index (χ4n) is 4.66. The van der Waals surface area contributed by atoms with Crippen LogP contribution in [0.5, 0.6) is 0 Å². The summed E-state index contributed by atoms with van der Waals surface area (Å²) >= 11 is 0. The van der Waals surface area contributed by atoms with Crippen LogP contribution < -0.4 is 5.32 Å². The van der Waals surface area contributed by atoms with E-state index in [9.17, 15) is 27.2 Å². The van der Waals surface area contributed by atoms with Gasteiger partial charge in [-0.1, -0.05) is 25.3 Å². The van der Waals surface area contributed by atoms with Gasteiger partial charge in [-0.25, -0.2) is 14.0 Å². The van der Waals surface area contributed by atoms with Crippen molar-refractivity contribution in [3.8, 4) is 0 Å². The molecule has 2 atom stereocenters. The molecular weight excluding hydrogens is 488 g/mol. The third-order valence-corrected chi connectivity index (χ3v) is 6.60. The zero-order valence-electron chi connectivity index (χ0n) is 19.9. The minimum absolute atomic E-state index is 0.188. The number of aliphatic hydroxyl groups excluding tert-OH is 2. The Labute approximate surface area is 206 Å². The number of alkyl halides is 3. The van der Waals surface area contributed by atoms with Crippen LogP contribution in [0.15, 0.2) is 18.2 Å². The van der Waals surface area contributed by atoms with Crippen LogP contribution in [0.4, 0.5) is 17.6 Å². The first-order valence-corrected chi connectivity index (χ1v) is 12.0. The number of nitrogens with zero attached hydrogens (tertiary/aromatic N) is 1. The van der Waals surface area contributed by atoms with Gasteiger partial charge in [-0.15, -0.1) is 0 Å². The second kappa shape index (κ2) is 13.9. The lowest BCUT2D eigenvalue weighted by molar-refractivity contribution is -0.165. The normalized spacial score (nSPS) is 19.3. The maximum Gasteiger partial charge on any atom is 0.416 e. The zero-order chi connectivity index (χ0) is 26.9. The summed E-state index contributed by atoms with van der Waals surface area (Å²) in [7, 11) is 0. The Morgan fingerprint density at radius 3 is 2.03 bits per heavy atom. The molecule has 5 N–H and O–H groups in total. The maximum atomic E-state index is 13.4. The maximum absolute atomic E-state index is 13.4. The average molecular weight is 523 g/mol. The summed E-state index contributed by atoms with van der Waals surface area (Å²) in [5, 5.41) is 35.8. The molecular formula is C24H34F4N2O6. The van der Waals surface area contributed by atoms with Gasteiger partial charge in [0.15, 0.2) is 12.2 Å². The summed E-state index contributed by atoms with van der Waals surface area (Å²) < 4.78 is 53.6. The molecule has 1 aliphatic carbocycles. The lowest BCUT2D eigenvalue weighted by Crippen LogP contribution is -2.45. The first-order chi connectivity index (χ1) is 16.9. The fraction of sp³-hybridized carbons (Fsp3) is 0.667. The number of rotatable bonds is 8. The number of aliphatic hydroxyl groups is 2. The summed E-state index contributed by atoms with van der Waals surface area (Å²) in [5.41, 5.74) is -0.645. The molecule has 1 saturated carbocycles. The van der Waals surface area contributed by atoms with Crippen molar-refractivity contribution in [1.82, 2.24) is 10.2 Å². The molecule has 12 heteroatoms. The predicted molar refractivity (Wildman–Crippen MR) is 122 cm³/mol. The quantitative estimate of drug-likeness (QED) is 0.330. The lowest BCUT2D eigenvalue weighted by atomic mass is 9.88. The Bertz CT molecular complexity index is 839. The smallest absolute Gasteiger partial charge is 0.416 e. The summed E-state index contributed by atoms with van der Waals surface area (Å²) in [6.07, 6.45) is -1.12. The molecule has 1 aromatic carbocycles. The van der Waals surface area contributed by atoms with E-state index >= 15 is 0 Å². The Hall–Kier alpha value is -2.28. The van der Waals surface area contributed by atoms with Crippen molar-refractivity contribution < 1.29 is 47.6 Å². The first-order valence-electron chi connectivity index (χ1n) is 12.0. The molecule has 2 fully saturated rings. The second-order valence-corrected chi connectivity index (χ2v) is 9.28. The van der Waals surface area contributed by atoms with Gasteiger partial charge in [0.05, 0.1) is 5.56 Å². The Balaban J connectivity index is 0.000000388. The van der Waals surface area contributed by atoms with E-state index in [1.165, 1.54) is 25.3 Å². The van der Waals surface area contributed by atoms with E-state index in [-0.39, 0.29) is 12.1 Å². The van der Waals surface area contributed by atoms with E-state index in [0.29, 0.717) is 18.0 Å². The average Bonchev–Trinajstić information content (AvgIpc) is 2.84.